The minimum absolute atomic E-state index is 0.00905. The van der Waals surface area contributed by atoms with E-state index >= 15 is 0 Å². The predicted molar refractivity (Wildman–Crippen MR) is 216 cm³/mol. The van der Waals surface area contributed by atoms with Crippen molar-refractivity contribution in [2.75, 3.05) is 0 Å². The third-order valence-corrected chi connectivity index (χ3v) is 12.4. The first-order chi connectivity index (χ1) is 24.8. The zero-order valence-electron chi connectivity index (χ0n) is 29.4. The summed E-state index contributed by atoms with van der Waals surface area (Å²) in [4.78, 5) is 10.8. The van der Waals surface area contributed by atoms with Crippen molar-refractivity contribution in [3.05, 3.63) is 172 Å². The molecule has 2 aliphatic carbocycles. The molecule has 0 saturated heterocycles. The largest absolute Gasteiger partial charge is 0.277 e. The molecule has 2 nitrogen and oxygen atoms in total. The quantitative estimate of drug-likeness (QED) is 0.181. The normalized spacial score (nSPS) is 24.6. The molecule has 0 fully saturated rings. The van der Waals surface area contributed by atoms with Gasteiger partial charge < -0.3 is 0 Å². The van der Waals surface area contributed by atoms with Crippen LogP contribution in [-0.4, -0.2) is 17.0 Å². The number of rotatable bonds is 3. The molecule has 0 N–H and O–H groups in total. The summed E-state index contributed by atoms with van der Waals surface area (Å²) in [5, 5.41) is 7.49. The molecule has 0 bridgehead atoms. The van der Waals surface area contributed by atoms with Crippen LogP contribution in [0.1, 0.15) is 49.4 Å². The zero-order valence-corrected chi connectivity index (χ0v) is 29.4. The molecule has 0 aromatic heterocycles. The molecule has 3 unspecified atom stereocenters. The predicted octanol–water partition coefficient (Wildman–Crippen LogP) is 10.0. The van der Waals surface area contributed by atoms with Gasteiger partial charge >= 0.3 is 0 Å². The van der Waals surface area contributed by atoms with Gasteiger partial charge in [0.2, 0.25) is 0 Å². The average Bonchev–Trinajstić information content (AvgIpc) is 3.15. The summed E-state index contributed by atoms with van der Waals surface area (Å²) in [7, 11) is 0. The average molecular weight is 657 g/mol. The summed E-state index contributed by atoms with van der Waals surface area (Å²) in [6.45, 7) is 7.03. The van der Waals surface area contributed by atoms with Crippen LogP contribution in [0.15, 0.2) is 150 Å². The van der Waals surface area contributed by atoms with E-state index in [1.54, 1.807) is 0 Å². The molecule has 4 aliphatic rings. The molecule has 246 valence electrons. The highest BCUT2D eigenvalue weighted by Gasteiger charge is 2.48. The van der Waals surface area contributed by atoms with Crippen molar-refractivity contribution in [2.24, 2.45) is 20.8 Å². The fraction of sp³-hybridized carbons (Fsp3) is 0.184. The number of dihydropyridines is 1. The first-order valence-electron chi connectivity index (χ1n) is 18.3. The van der Waals surface area contributed by atoms with Crippen LogP contribution in [0, 0.1) is 10.8 Å². The number of nitrogens with zero attached hydrogens (tertiary/aromatic N) is 2. The van der Waals surface area contributed by atoms with Crippen molar-refractivity contribution in [3.63, 3.8) is 0 Å². The minimum Gasteiger partial charge on any atom is -0.277 e. The molecule has 2 aliphatic heterocycles. The van der Waals surface area contributed by atoms with Crippen molar-refractivity contribution < 1.29 is 0 Å². The highest BCUT2D eigenvalue weighted by Crippen LogP contribution is 2.48. The van der Waals surface area contributed by atoms with Crippen LogP contribution < -0.4 is 10.4 Å². The maximum absolute atomic E-state index is 5.48. The summed E-state index contributed by atoms with van der Waals surface area (Å²) in [5.41, 5.74) is 10.8. The van der Waals surface area contributed by atoms with Crippen LogP contribution in [0.4, 0.5) is 0 Å². The van der Waals surface area contributed by atoms with Gasteiger partial charge in [-0.15, -0.1) is 0 Å². The van der Waals surface area contributed by atoms with Gasteiger partial charge in [0, 0.05) is 22.0 Å². The fourth-order valence-corrected chi connectivity index (χ4v) is 9.02. The topological polar surface area (TPSA) is 24.7 Å². The molecular formula is C49H40N2. The molecule has 10 rings (SSSR count). The van der Waals surface area contributed by atoms with Gasteiger partial charge in [-0.25, -0.2) is 0 Å². The standard InChI is InChI=1S/C49H40N2/c1-47-24-22-45(50-46(47)28-32-10-4-5-11-37(32)29-47)43-21-20-40(41-14-8-9-15-42(41)43)35-18-16-34-27-36(19-17-33(34)26-35)44-23-25-48(2)30-38-12-6-7-13-39(38)31-49(48,3)51-44/h4-23,25-29H,24,30-31H2,1-3H3. The van der Waals surface area contributed by atoms with E-state index in [0.29, 0.717) is 0 Å². The number of allylic oxidation sites excluding steroid dienone is 2. The molecule has 0 saturated carbocycles. The Hall–Kier alpha value is -5.60. The first kappa shape index (κ1) is 30.2. The van der Waals surface area contributed by atoms with E-state index in [-0.39, 0.29) is 16.4 Å². The molecule has 3 atom stereocenters. The molecule has 0 spiro atoms. The van der Waals surface area contributed by atoms with E-state index < -0.39 is 0 Å². The molecule has 2 heteroatoms. The highest BCUT2D eigenvalue weighted by molar-refractivity contribution is 6.20. The monoisotopic (exact) mass is 656 g/mol. The van der Waals surface area contributed by atoms with Crippen LogP contribution in [0.25, 0.3) is 50.5 Å². The van der Waals surface area contributed by atoms with Gasteiger partial charge in [0.1, 0.15) is 0 Å². The summed E-state index contributed by atoms with van der Waals surface area (Å²) in [5.74, 6) is 0. The van der Waals surface area contributed by atoms with E-state index in [4.69, 9.17) is 9.98 Å². The van der Waals surface area contributed by atoms with Crippen LogP contribution in [-0.2, 0) is 12.8 Å². The Balaban J connectivity index is 0.990. The second-order valence-electron chi connectivity index (χ2n) is 15.8. The Morgan fingerprint density at radius 2 is 1.25 bits per heavy atom. The third kappa shape index (κ3) is 4.77. The summed E-state index contributed by atoms with van der Waals surface area (Å²) in [6, 6.07) is 44.6. The number of fused-ring (bicyclic) bond motifs is 6. The molecule has 0 radical (unpaired) electrons. The molecule has 2 heterocycles. The maximum Gasteiger partial charge on any atom is 0.0718 e. The highest BCUT2D eigenvalue weighted by atomic mass is 14.9. The zero-order chi connectivity index (χ0) is 34.4. The Bertz CT molecular complexity index is 2720. The molecule has 0 amide bonds. The van der Waals surface area contributed by atoms with E-state index in [0.717, 1.165) is 36.4 Å². The lowest BCUT2D eigenvalue weighted by atomic mass is 9.60. The summed E-state index contributed by atoms with van der Waals surface area (Å²) in [6.07, 6.45) is 14.6. The maximum atomic E-state index is 5.48. The molecule has 51 heavy (non-hydrogen) atoms. The molecular weight excluding hydrogens is 617 g/mol. The second-order valence-corrected chi connectivity index (χ2v) is 15.8. The number of benzene rings is 6. The van der Waals surface area contributed by atoms with Gasteiger partial charge in [-0.3, -0.25) is 9.98 Å². The van der Waals surface area contributed by atoms with E-state index in [2.05, 4.69) is 172 Å². The van der Waals surface area contributed by atoms with Gasteiger partial charge in [-0.1, -0.05) is 141 Å². The van der Waals surface area contributed by atoms with Gasteiger partial charge in [0.25, 0.3) is 0 Å². The minimum atomic E-state index is -0.171. The van der Waals surface area contributed by atoms with E-state index in [9.17, 15) is 0 Å². The van der Waals surface area contributed by atoms with Gasteiger partial charge in [-0.2, -0.15) is 0 Å². The van der Waals surface area contributed by atoms with Gasteiger partial charge in [-0.05, 0) is 105 Å². The first-order valence-corrected chi connectivity index (χ1v) is 18.3. The van der Waals surface area contributed by atoms with Crippen molar-refractivity contribution >= 4 is 50.8 Å². The van der Waals surface area contributed by atoms with Crippen LogP contribution in [0.3, 0.4) is 0 Å². The molecule has 6 aromatic rings. The number of hydrogen-bond donors (Lipinski definition) is 0. The third-order valence-electron chi connectivity index (χ3n) is 12.4. The van der Waals surface area contributed by atoms with E-state index in [1.807, 2.05) is 0 Å². The lowest BCUT2D eigenvalue weighted by Crippen LogP contribution is -2.49. The Labute approximate surface area is 299 Å². The lowest BCUT2D eigenvalue weighted by Gasteiger charge is -2.48. The SMILES string of the molecule is CC12C=c3ccccc3=CC1=NC(c1ccc(-c3ccc4cc(C5=NC6(C)Cc7ccccc7CC6(C)C=C5)ccc4c3)c3ccccc13)=CC2. The van der Waals surface area contributed by atoms with Crippen LogP contribution in [0.5, 0.6) is 0 Å². The van der Waals surface area contributed by atoms with Gasteiger partial charge in [0.05, 0.1) is 22.7 Å². The number of hydrogen-bond acceptors (Lipinski definition) is 2. The second kappa shape index (κ2) is 10.9. The Morgan fingerprint density at radius 1 is 0.608 bits per heavy atom. The summed E-state index contributed by atoms with van der Waals surface area (Å²) >= 11 is 0. The fourth-order valence-electron chi connectivity index (χ4n) is 9.02. The van der Waals surface area contributed by atoms with Crippen molar-refractivity contribution in [1.82, 2.24) is 0 Å². The number of aliphatic imine (C=N–C) groups is 2. The van der Waals surface area contributed by atoms with Gasteiger partial charge in [0.15, 0.2) is 0 Å². The smallest absolute Gasteiger partial charge is 0.0718 e. The van der Waals surface area contributed by atoms with Crippen LogP contribution in [0.2, 0.25) is 0 Å². The van der Waals surface area contributed by atoms with Crippen LogP contribution >= 0.6 is 0 Å². The van der Waals surface area contributed by atoms with Crippen molar-refractivity contribution in [3.8, 4) is 11.1 Å². The van der Waals surface area contributed by atoms with Crippen molar-refractivity contribution in [1.29, 1.82) is 0 Å². The lowest BCUT2D eigenvalue weighted by molar-refractivity contribution is 0.203. The summed E-state index contributed by atoms with van der Waals surface area (Å²) < 4.78 is 0. The van der Waals surface area contributed by atoms with E-state index in [1.165, 1.54) is 65.4 Å². The van der Waals surface area contributed by atoms with Crippen molar-refractivity contribution in [2.45, 2.75) is 45.6 Å². The Morgan fingerprint density at radius 3 is 2.06 bits per heavy atom. The Kier molecular flexibility index (Phi) is 6.49. The molecule has 6 aromatic carbocycles.